The fourth-order valence-corrected chi connectivity index (χ4v) is 3.14. The molecule has 7 heteroatoms. The molecule has 3 heterocycles. The van der Waals surface area contributed by atoms with Crippen LogP contribution in [0.15, 0.2) is 48.9 Å². The third-order valence-electron chi connectivity index (χ3n) is 4.70. The lowest BCUT2D eigenvalue weighted by molar-refractivity contribution is 0.764. The summed E-state index contributed by atoms with van der Waals surface area (Å²) < 4.78 is 3.60. The average molecular weight is 361 g/mol. The molecule has 0 aliphatic heterocycles. The van der Waals surface area contributed by atoms with E-state index in [1.807, 2.05) is 38.8 Å². The predicted octanol–water partition coefficient (Wildman–Crippen LogP) is 3.06. The highest BCUT2D eigenvalue weighted by Gasteiger charge is 2.15. The molecular formula is C20H23N7. The Morgan fingerprint density at radius 2 is 1.81 bits per heavy atom. The number of benzene rings is 1. The molecule has 1 unspecified atom stereocenters. The van der Waals surface area contributed by atoms with E-state index in [9.17, 15) is 0 Å². The highest BCUT2D eigenvalue weighted by molar-refractivity contribution is 5.86. The summed E-state index contributed by atoms with van der Waals surface area (Å²) in [6.45, 7) is 2.10. The van der Waals surface area contributed by atoms with Crippen LogP contribution in [0.5, 0.6) is 0 Å². The van der Waals surface area contributed by atoms with Crippen molar-refractivity contribution in [2.24, 2.45) is 14.1 Å². The lowest BCUT2D eigenvalue weighted by Gasteiger charge is -2.14. The second-order valence-electron chi connectivity index (χ2n) is 6.79. The quantitative estimate of drug-likeness (QED) is 0.571. The van der Waals surface area contributed by atoms with E-state index in [-0.39, 0.29) is 6.04 Å². The molecule has 0 fully saturated rings. The lowest BCUT2D eigenvalue weighted by Crippen LogP contribution is -2.10. The van der Waals surface area contributed by atoms with Gasteiger partial charge in [-0.15, -0.1) is 0 Å². The van der Waals surface area contributed by atoms with Crippen LogP contribution in [0.25, 0.3) is 11.0 Å². The molecule has 4 rings (SSSR count). The third kappa shape index (κ3) is 3.67. The number of hydrogen-bond donors (Lipinski definition) is 1. The Labute approximate surface area is 158 Å². The fourth-order valence-electron chi connectivity index (χ4n) is 3.14. The van der Waals surface area contributed by atoms with Crippen molar-refractivity contribution >= 4 is 16.9 Å². The molecule has 0 aliphatic carbocycles. The molecule has 0 amide bonds. The topological polar surface area (TPSA) is 73.5 Å². The van der Waals surface area contributed by atoms with Crippen LogP contribution in [0.2, 0.25) is 0 Å². The standard InChI is InChI=1S/C20H23N7/c1-14(16-11-21-26(2)13-16)23-19-17-12-22-27(3)20(17)25-18(24-19)10-9-15-7-5-4-6-8-15/h4-8,11-14H,9-10H2,1-3H3,(H,23,24,25). The Balaban J connectivity index is 1.62. The maximum Gasteiger partial charge on any atom is 0.163 e. The van der Waals surface area contributed by atoms with Crippen molar-refractivity contribution in [3.8, 4) is 0 Å². The zero-order valence-electron chi connectivity index (χ0n) is 15.8. The summed E-state index contributed by atoms with van der Waals surface area (Å²) in [4.78, 5) is 9.53. The van der Waals surface area contributed by atoms with Crippen LogP contribution in [0.3, 0.4) is 0 Å². The largest absolute Gasteiger partial charge is 0.363 e. The highest BCUT2D eigenvalue weighted by Crippen LogP contribution is 2.24. The number of fused-ring (bicyclic) bond motifs is 1. The smallest absolute Gasteiger partial charge is 0.163 e. The van der Waals surface area contributed by atoms with Crippen molar-refractivity contribution in [1.29, 1.82) is 0 Å². The van der Waals surface area contributed by atoms with Crippen molar-refractivity contribution in [1.82, 2.24) is 29.5 Å². The van der Waals surface area contributed by atoms with Crippen LogP contribution < -0.4 is 5.32 Å². The number of hydrogen-bond acceptors (Lipinski definition) is 5. The molecule has 4 aromatic rings. The van der Waals surface area contributed by atoms with Gasteiger partial charge >= 0.3 is 0 Å². The molecule has 0 spiro atoms. The molecule has 3 aromatic heterocycles. The van der Waals surface area contributed by atoms with Gasteiger partial charge in [0.1, 0.15) is 11.6 Å². The van der Waals surface area contributed by atoms with Crippen molar-refractivity contribution in [3.05, 3.63) is 65.9 Å². The molecule has 0 aliphatic rings. The first kappa shape index (κ1) is 17.2. The van der Waals surface area contributed by atoms with Gasteiger partial charge in [-0.3, -0.25) is 9.36 Å². The number of aryl methyl sites for hydroxylation is 4. The van der Waals surface area contributed by atoms with Crippen molar-refractivity contribution in [2.45, 2.75) is 25.8 Å². The van der Waals surface area contributed by atoms with E-state index in [0.29, 0.717) is 0 Å². The molecule has 0 saturated carbocycles. The second-order valence-corrected chi connectivity index (χ2v) is 6.79. The fraction of sp³-hybridized carbons (Fsp3) is 0.300. The molecule has 1 atom stereocenters. The Kier molecular flexibility index (Phi) is 4.58. The van der Waals surface area contributed by atoms with Crippen LogP contribution >= 0.6 is 0 Å². The van der Waals surface area contributed by atoms with Crippen molar-refractivity contribution in [3.63, 3.8) is 0 Å². The number of nitrogens with zero attached hydrogens (tertiary/aromatic N) is 6. The molecular weight excluding hydrogens is 338 g/mol. The van der Waals surface area contributed by atoms with E-state index < -0.39 is 0 Å². The minimum Gasteiger partial charge on any atom is -0.363 e. The van der Waals surface area contributed by atoms with Gasteiger partial charge in [0.2, 0.25) is 0 Å². The lowest BCUT2D eigenvalue weighted by atomic mass is 10.1. The van der Waals surface area contributed by atoms with Gasteiger partial charge in [0.25, 0.3) is 0 Å². The van der Waals surface area contributed by atoms with E-state index in [0.717, 1.165) is 41.1 Å². The minimum atomic E-state index is 0.0824. The molecule has 1 aromatic carbocycles. The van der Waals surface area contributed by atoms with Gasteiger partial charge in [0, 0.05) is 32.3 Å². The maximum absolute atomic E-state index is 4.80. The number of anilines is 1. The Morgan fingerprint density at radius 1 is 1.00 bits per heavy atom. The van der Waals surface area contributed by atoms with E-state index in [1.54, 1.807) is 9.36 Å². The van der Waals surface area contributed by atoms with Crippen LogP contribution in [0.4, 0.5) is 5.82 Å². The van der Waals surface area contributed by atoms with E-state index in [4.69, 9.17) is 9.97 Å². The zero-order chi connectivity index (χ0) is 18.8. The Hall–Kier alpha value is -3.22. The Bertz CT molecular complexity index is 1050. The first-order valence-corrected chi connectivity index (χ1v) is 9.08. The van der Waals surface area contributed by atoms with E-state index in [2.05, 4.69) is 46.7 Å². The molecule has 138 valence electrons. The third-order valence-corrected chi connectivity index (χ3v) is 4.70. The van der Waals surface area contributed by atoms with E-state index in [1.165, 1.54) is 5.56 Å². The summed E-state index contributed by atoms with van der Waals surface area (Å²) >= 11 is 0. The van der Waals surface area contributed by atoms with Crippen LogP contribution in [0, 0.1) is 0 Å². The van der Waals surface area contributed by atoms with Gasteiger partial charge in [0.05, 0.1) is 23.8 Å². The van der Waals surface area contributed by atoms with Gasteiger partial charge < -0.3 is 5.32 Å². The van der Waals surface area contributed by atoms with Gasteiger partial charge in [0.15, 0.2) is 5.65 Å². The van der Waals surface area contributed by atoms with Gasteiger partial charge in [-0.1, -0.05) is 30.3 Å². The Morgan fingerprint density at radius 3 is 2.56 bits per heavy atom. The number of aromatic nitrogens is 6. The molecule has 0 bridgehead atoms. The number of rotatable bonds is 6. The normalized spacial score (nSPS) is 12.4. The number of nitrogens with one attached hydrogen (secondary N) is 1. The van der Waals surface area contributed by atoms with Gasteiger partial charge in [-0.25, -0.2) is 9.97 Å². The summed E-state index contributed by atoms with van der Waals surface area (Å²) in [6, 6.07) is 10.5. The molecule has 0 radical (unpaired) electrons. The predicted molar refractivity (Wildman–Crippen MR) is 105 cm³/mol. The first-order chi connectivity index (χ1) is 13.1. The summed E-state index contributed by atoms with van der Waals surface area (Å²) in [5.74, 6) is 1.63. The zero-order valence-corrected chi connectivity index (χ0v) is 15.8. The van der Waals surface area contributed by atoms with Crippen molar-refractivity contribution in [2.75, 3.05) is 5.32 Å². The van der Waals surface area contributed by atoms with Gasteiger partial charge in [-0.2, -0.15) is 10.2 Å². The van der Waals surface area contributed by atoms with Crippen molar-refractivity contribution < 1.29 is 0 Å². The SMILES string of the molecule is CC(Nc1nc(CCc2ccccc2)nc2c1cnn2C)c1cnn(C)c1. The van der Waals surface area contributed by atoms with E-state index >= 15 is 0 Å². The molecule has 1 N–H and O–H groups in total. The monoisotopic (exact) mass is 361 g/mol. The van der Waals surface area contributed by atoms with Crippen LogP contribution in [-0.4, -0.2) is 29.5 Å². The summed E-state index contributed by atoms with van der Waals surface area (Å²) in [6.07, 6.45) is 7.38. The molecule has 7 nitrogen and oxygen atoms in total. The summed E-state index contributed by atoms with van der Waals surface area (Å²) in [7, 11) is 3.83. The second kappa shape index (κ2) is 7.19. The average Bonchev–Trinajstić information content (AvgIpc) is 3.27. The highest BCUT2D eigenvalue weighted by atomic mass is 15.3. The molecule has 27 heavy (non-hydrogen) atoms. The molecule has 0 saturated heterocycles. The van der Waals surface area contributed by atoms with Crippen LogP contribution in [0.1, 0.15) is 29.9 Å². The minimum absolute atomic E-state index is 0.0824. The summed E-state index contributed by atoms with van der Waals surface area (Å²) in [5.41, 5.74) is 3.23. The first-order valence-electron chi connectivity index (χ1n) is 9.08. The maximum atomic E-state index is 4.80. The van der Waals surface area contributed by atoms with Crippen LogP contribution in [-0.2, 0) is 26.9 Å². The summed E-state index contributed by atoms with van der Waals surface area (Å²) in [5, 5.41) is 13.0. The van der Waals surface area contributed by atoms with Gasteiger partial charge in [-0.05, 0) is 18.9 Å².